The summed E-state index contributed by atoms with van der Waals surface area (Å²) >= 11 is 0. The van der Waals surface area contributed by atoms with Crippen molar-refractivity contribution in [1.82, 2.24) is 9.55 Å². The Bertz CT molecular complexity index is 1290. The van der Waals surface area contributed by atoms with Crippen molar-refractivity contribution >= 4 is 26.3 Å². The van der Waals surface area contributed by atoms with Crippen molar-refractivity contribution in [3.8, 4) is 0 Å². The van der Waals surface area contributed by atoms with Crippen molar-refractivity contribution in [2.24, 2.45) is 0 Å². The number of aromatic amines is 1. The Labute approximate surface area is 224 Å². The highest BCUT2D eigenvalue weighted by Gasteiger charge is 2.96. The van der Waals surface area contributed by atoms with E-state index in [-0.39, 0.29) is 0 Å². The topological polar surface area (TPSA) is 200 Å². The van der Waals surface area contributed by atoms with Crippen LogP contribution in [0.3, 0.4) is 0 Å². The number of carbonyl (C=O) groups is 2. The molecule has 1 unspecified atom stereocenters. The first-order valence-corrected chi connectivity index (χ1v) is 13.0. The van der Waals surface area contributed by atoms with Gasteiger partial charge in [-0.2, -0.15) is 4.39 Å². The molecule has 0 aromatic carbocycles. The molecule has 224 valence electrons. The highest BCUT2D eigenvalue weighted by Crippen LogP contribution is 2.72. The van der Waals surface area contributed by atoms with Gasteiger partial charge in [-0.25, -0.2) is 32.4 Å². The predicted octanol–water partition coefficient (Wildman–Crippen LogP) is 2.07. The number of phosphoric ester groups is 1. The molecular formula is C21H27F2N2O14P. The molecule has 2 aliphatic rings. The van der Waals surface area contributed by atoms with E-state index in [9.17, 15) is 28.8 Å². The van der Waals surface area contributed by atoms with E-state index in [2.05, 4.69) is 18.9 Å². The third-order valence-electron chi connectivity index (χ3n) is 5.37. The Hall–Kier alpha value is -3.31. The van der Waals surface area contributed by atoms with Gasteiger partial charge in [0.1, 0.15) is 0 Å². The van der Waals surface area contributed by atoms with Crippen LogP contribution < -0.4 is 11.2 Å². The number of nitrogens with zero attached hydrogens (tertiary/aromatic N) is 1. The summed E-state index contributed by atoms with van der Waals surface area (Å²) in [6.07, 6.45) is -4.45. The second kappa shape index (κ2) is 11.3. The van der Waals surface area contributed by atoms with Crippen LogP contribution in [0.25, 0.3) is 6.20 Å². The fourth-order valence-corrected chi connectivity index (χ4v) is 4.52. The summed E-state index contributed by atoms with van der Waals surface area (Å²) in [5.74, 6) is -4.27. The summed E-state index contributed by atoms with van der Waals surface area (Å²) < 4.78 is 83.0. The molecule has 2 N–H and O–H groups in total. The second-order valence-electron chi connectivity index (χ2n) is 9.08. The van der Waals surface area contributed by atoms with E-state index in [0.717, 1.165) is 12.3 Å². The van der Waals surface area contributed by atoms with Crippen molar-refractivity contribution < 1.29 is 65.3 Å². The lowest BCUT2D eigenvalue weighted by Crippen LogP contribution is -2.41. The van der Waals surface area contributed by atoms with Gasteiger partial charge in [0.25, 0.3) is 5.56 Å². The van der Waals surface area contributed by atoms with Crippen LogP contribution in [0.2, 0.25) is 0 Å². The number of carbonyl (C=O) groups excluding carboxylic acids is 2. The first-order valence-electron chi connectivity index (χ1n) is 11.5. The molecule has 0 bridgehead atoms. The largest absolute Gasteiger partial charge is 0.510 e. The van der Waals surface area contributed by atoms with Crippen LogP contribution in [0.1, 0.15) is 34.6 Å². The van der Waals surface area contributed by atoms with Crippen LogP contribution >= 0.6 is 7.82 Å². The average molecular weight is 600 g/mol. The van der Waals surface area contributed by atoms with Gasteiger partial charge in [-0.15, -0.1) is 0 Å². The fourth-order valence-electron chi connectivity index (χ4n) is 3.42. The minimum atomic E-state index is -5.12. The number of H-pyrrole nitrogens is 1. The van der Waals surface area contributed by atoms with Gasteiger partial charge in [0, 0.05) is 12.3 Å². The van der Waals surface area contributed by atoms with Gasteiger partial charge >= 0.3 is 31.7 Å². The van der Waals surface area contributed by atoms with Crippen LogP contribution in [-0.2, 0) is 41.8 Å². The molecule has 3 rings (SSSR count). The lowest BCUT2D eigenvalue weighted by Gasteiger charge is -2.24. The van der Waals surface area contributed by atoms with Crippen LogP contribution in [0.4, 0.5) is 18.4 Å². The van der Waals surface area contributed by atoms with Gasteiger partial charge < -0.3 is 28.8 Å². The van der Waals surface area contributed by atoms with E-state index in [1.54, 1.807) is 0 Å². The second-order valence-corrected chi connectivity index (χ2v) is 10.7. The van der Waals surface area contributed by atoms with Crippen LogP contribution in [0, 0.1) is 0 Å². The van der Waals surface area contributed by atoms with Crippen molar-refractivity contribution in [2.45, 2.75) is 70.1 Å². The van der Waals surface area contributed by atoms with Gasteiger partial charge in [-0.05, 0) is 34.6 Å². The number of aliphatic hydroxyl groups is 1. The first kappa shape index (κ1) is 31.2. The van der Waals surface area contributed by atoms with E-state index in [4.69, 9.17) is 18.3 Å². The van der Waals surface area contributed by atoms with Gasteiger partial charge in [0.2, 0.25) is 24.9 Å². The maximum Gasteiger partial charge on any atom is 0.510 e. The van der Waals surface area contributed by atoms with Gasteiger partial charge in [-0.3, -0.25) is 18.9 Å². The van der Waals surface area contributed by atoms with Crippen LogP contribution in [0.15, 0.2) is 27.6 Å². The zero-order chi connectivity index (χ0) is 30.1. The lowest BCUT2D eigenvalue weighted by atomic mass is 9.97. The molecule has 1 aromatic rings. The standard InChI is InChI=1S/C21H27F2N2O14P/c1-11(2)36-17(28)32-9-34-40(31,35-10-33-18(29)37-12(3)4)39-15-20(30)19(5,22)13(38-21(15,20)23)8-25-7-6-14(26)24-16(25)27/h6-8,11-12,15,30H,9-10H2,1-5H3,(H,24,26,27)/t15?,19-,20-,21+/m0/s1. The Kier molecular flexibility index (Phi) is 8.81. The Morgan fingerprint density at radius 1 is 1.12 bits per heavy atom. The molecule has 16 nitrogen and oxygen atoms in total. The van der Waals surface area contributed by atoms with E-state index in [1.807, 2.05) is 4.98 Å². The summed E-state index contributed by atoms with van der Waals surface area (Å²) in [7, 11) is -5.12. The molecular weight excluding hydrogens is 573 g/mol. The number of alkyl halides is 2. The van der Waals surface area contributed by atoms with Gasteiger partial charge in [0.15, 0.2) is 11.9 Å². The number of hydrogen-bond donors (Lipinski definition) is 2. The maximum atomic E-state index is 15.7. The number of ether oxygens (including phenoxy) is 5. The Balaban J connectivity index is 1.77. The number of nitrogens with one attached hydrogen (secondary N) is 1. The van der Waals surface area contributed by atoms with Crippen molar-refractivity contribution in [3.63, 3.8) is 0 Å². The normalized spacial score (nSPS) is 28.2. The lowest BCUT2D eigenvalue weighted by molar-refractivity contribution is -0.0710. The molecule has 0 amide bonds. The molecule has 1 aliphatic carbocycles. The highest BCUT2D eigenvalue weighted by molar-refractivity contribution is 7.48. The number of rotatable bonds is 11. The first-order chi connectivity index (χ1) is 18.4. The number of phosphoric acid groups is 1. The molecule has 19 heteroatoms. The van der Waals surface area contributed by atoms with Gasteiger partial charge in [-0.1, -0.05) is 0 Å². The number of halogens is 2. The monoisotopic (exact) mass is 600 g/mol. The molecule has 0 spiro atoms. The molecule has 1 saturated heterocycles. The Morgan fingerprint density at radius 3 is 2.08 bits per heavy atom. The average Bonchev–Trinajstić information content (AvgIpc) is 3.21. The van der Waals surface area contributed by atoms with Gasteiger partial charge in [0.05, 0.1) is 18.4 Å². The van der Waals surface area contributed by atoms with Crippen molar-refractivity contribution in [2.75, 3.05) is 13.6 Å². The zero-order valence-corrected chi connectivity index (χ0v) is 22.7. The van der Waals surface area contributed by atoms with E-state index in [1.165, 1.54) is 27.7 Å². The van der Waals surface area contributed by atoms with E-state index >= 15 is 8.78 Å². The third-order valence-corrected chi connectivity index (χ3v) is 6.68. The van der Waals surface area contributed by atoms with Crippen molar-refractivity contribution in [3.05, 3.63) is 38.9 Å². The van der Waals surface area contributed by atoms with Crippen molar-refractivity contribution in [1.29, 1.82) is 0 Å². The quantitative estimate of drug-likeness (QED) is 0.212. The molecule has 2 heterocycles. The SMILES string of the molecule is CC(C)OC(=O)OCOP(=O)(OCOC(=O)OC(C)C)OC1[C@]2(O)[C@@](C)(F)C(=Cn3ccc(=O)[nH]c3=O)O[C@]12F. The molecule has 0 radical (unpaired) electrons. The predicted molar refractivity (Wildman–Crippen MR) is 125 cm³/mol. The maximum absolute atomic E-state index is 15.7. The molecule has 1 aliphatic heterocycles. The van der Waals surface area contributed by atoms with E-state index in [0.29, 0.717) is 17.7 Å². The minimum Gasteiger partial charge on any atom is -0.452 e. The summed E-state index contributed by atoms with van der Waals surface area (Å²) in [4.78, 5) is 48.1. The molecule has 1 saturated carbocycles. The number of aromatic nitrogens is 2. The van der Waals surface area contributed by atoms with Crippen LogP contribution in [0.5, 0.6) is 0 Å². The molecule has 4 atom stereocenters. The molecule has 1 aromatic heterocycles. The highest BCUT2D eigenvalue weighted by atomic mass is 31.2. The van der Waals surface area contributed by atoms with Crippen LogP contribution in [-0.4, -0.2) is 76.0 Å². The molecule has 40 heavy (non-hydrogen) atoms. The summed E-state index contributed by atoms with van der Waals surface area (Å²) in [6.45, 7) is 4.39. The number of fused-ring (bicyclic) bond motifs is 1. The minimum absolute atomic E-state index is 0.590. The Morgan fingerprint density at radius 2 is 1.65 bits per heavy atom. The fraction of sp³-hybridized carbons (Fsp3) is 0.619. The number of hydrogen-bond acceptors (Lipinski definition) is 14. The summed E-state index contributed by atoms with van der Waals surface area (Å²) in [5.41, 5.74) is -8.05. The summed E-state index contributed by atoms with van der Waals surface area (Å²) in [6, 6.07) is 0.915. The zero-order valence-electron chi connectivity index (χ0n) is 21.8. The summed E-state index contributed by atoms with van der Waals surface area (Å²) in [5, 5.41) is 10.8. The smallest absolute Gasteiger partial charge is 0.452 e. The third kappa shape index (κ3) is 6.20. The van der Waals surface area contributed by atoms with E-state index < -0.39 is 86.2 Å². The molecule has 2 fully saturated rings.